The van der Waals surface area contributed by atoms with Gasteiger partial charge >= 0.3 is 0 Å². The molecule has 1 aromatic carbocycles. The molecule has 2 N–H and O–H groups in total. The average Bonchev–Trinajstić information content (AvgIpc) is 2.96. The molecule has 9 heteroatoms. The largest absolute Gasteiger partial charge is 0.326 e. The first-order valence-electron chi connectivity index (χ1n) is 7.76. The van der Waals surface area contributed by atoms with Crippen LogP contribution in [0.2, 0.25) is 5.02 Å². The minimum absolute atomic E-state index is 0.0332. The summed E-state index contributed by atoms with van der Waals surface area (Å²) in [5.74, 6) is -0.270. The Morgan fingerprint density at radius 1 is 1.23 bits per heavy atom. The van der Waals surface area contributed by atoms with E-state index in [2.05, 4.69) is 15.0 Å². The SMILES string of the molecule is CC(=O)Nc1ccc(C)c(S(=O)(=O)NCc2cn3cc(Cl)ccc3n2)c1. The summed E-state index contributed by atoms with van der Waals surface area (Å²) >= 11 is 5.94. The molecule has 0 spiro atoms. The van der Waals surface area contributed by atoms with E-state index in [9.17, 15) is 13.2 Å². The van der Waals surface area contributed by atoms with Gasteiger partial charge in [0.05, 0.1) is 22.2 Å². The lowest BCUT2D eigenvalue weighted by Crippen LogP contribution is -2.24. The van der Waals surface area contributed by atoms with Crippen molar-refractivity contribution in [2.75, 3.05) is 5.32 Å². The predicted molar refractivity (Wildman–Crippen MR) is 99.7 cm³/mol. The van der Waals surface area contributed by atoms with Crippen LogP contribution >= 0.6 is 11.6 Å². The predicted octanol–water partition coefficient (Wildman–Crippen LogP) is 2.73. The van der Waals surface area contributed by atoms with E-state index in [1.54, 1.807) is 48.0 Å². The number of rotatable bonds is 5. The van der Waals surface area contributed by atoms with Gasteiger partial charge in [-0.1, -0.05) is 17.7 Å². The summed E-state index contributed by atoms with van der Waals surface area (Å²) in [5, 5.41) is 3.14. The first kappa shape index (κ1) is 18.4. The van der Waals surface area contributed by atoms with Crippen LogP contribution in [0.25, 0.3) is 5.65 Å². The molecular weight excluding hydrogens is 376 g/mol. The minimum atomic E-state index is -3.77. The Hall–Kier alpha value is -2.42. The van der Waals surface area contributed by atoms with Crippen LogP contribution in [0.15, 0.2) is 47.6 Å². The number of pyridine rings is 1. The van der Waals surface area contributed by atoms with E-state index in [0.29, 0.717) is 27.6 Å². The van der Waals surface area contributed by atoms with E-state index in [-0.39, 0.29) is 17.3 Å². The number of halogens is 1. The first-order valence-corrected chi connectivity index (χ1v) is 9.62. The van der Waals surface area contributed by atoms with Crippen LogP contribution in [0, 0.1) is 6.92 Å². The zero-order chi connectivity index (χ0) is 18.9. The number of benzene rings is 1. The van der Waals surface area contributed by atoms with Crippen LogP contribution in [0.1, 0.15) is 18.2 Å². The number of imidazole rings is 1. The van der Waals surface area contributed by atoms with Gasteiger partial charge in [-0.05, 0) is 36.8 Å². The highest BCUT2D eigenvalue weighted by molar-refractivity contribution is 7.89. The van der Waals surface area contributed by atoms with Gasteiger partial charge < -0.3 is 9.72 Å². The summed E-state index contributed by atoms with van der Waals surface area (Å²) in [5.41, 5.74) is 2.23. The average molecular weight is 393 g/mol. The van der Waals surface area contributed by atoms with Gasteiger partial charge in [-0.15, -0.1) is 0 Å². The summed E-state index contributed by atoms with van der Waals surface area (Å²) in [6.45, 7) is 3.09. The highest BCUT2D eigenvalue weighted by Crippen LogP contribution is 2.20. The number of nitrogens with zero attached hydrogens (tertiary/aromatic N) is 2. The van der Waals surface area contributed by atoms with Crippen molar-refractivity contribution in [2.24, 2.45) is 0 Å². The Morgan fingerprint density at radius 3 is 2.73 bits per heavy atom. The van der Waals surface area contributed by atoms with Crippen molar-refractivity contribution in [2.45, 2.75) is 25.3 Å². The Labute approximate surface area is 156 Å². The molecule has 2 aromatic heterocycles. The third-order valence-corrected chi connectivity index (χ3v) is 5.47. The summed E-state index contributed by atoms with van der Waals surface area (Å²) in [7, 11) is -3.77. The molecule has 0 aliphatic heterocycles. The Morgan fingerprint density at radius 2 is 2.00 bits per heavy atom. The molecule has 3 aromatic rings. The first-order chi connectivity index (χ1) is 12.2. The fourth-order valence-electron chi connectivity index (χ4n) is 2.52. The zero-order valence-electron chi connectivity index (χ0n) is 14.2. The molecule has 0 atom stereocenters. The van der Waals surface area contributed by atoms with Gasteiger partial charge in [-0.2, -0.15) is 0 Å². The van der Waals surface area contributed by atoms with Gasteiger partial charge in [0.2, 0.25) is 15.9 Å². The molecule has 0 aliphatic rings. The number of fused-ring (bicyclic) bond motifs is 1. The van der Waals surface area contributed by atoms with Crippen LogP contribution in [0.3, 0.4) is 0 Å². The second-order valence-corrected chi connectivity index (χ2v) is 8.00. The van der Waals surface area contributed by atoms with E-state index in [4.69, 9.17) is 11.6 Å². The van der Waals surface area contributed by atoms with Gasteiger partial charge in [0.25, 0.3) is 0 Å². The maximum absolute atomic E-state index is 12.7. The van der Waals surface area contributed by atoms with Crippen molar-refractivity contribution in [3.8, 4) is 0 Å². The number of anilines is 1. The number of aromatic nitrogens is 2. The van der Waals surface area contributed by atoms with Crippen LogP contribution in [0.4, 0.5) is 5.69 Å². The molecule has 3 rings (SSSR count). The van der Waals surface area contributed by atoms with Gasteiger partial charge in [-0.3, -0.25) is 4.79 Å². The highest BCUT2D eigenvalue weighted by Gasteiger charge is 2.18. The molecule has 0 aliphatic carbocycles. The molecule has 0 unspecified atom stereocenters. The van der Waals surface area contributed by atoms with Crippen LogP contribution in [0.5, 0.6) is 0 Å². The Bertz CT molecular complexity index is 1090. The molecule has 1 amide bonds. The van der Waals surface area contributed by atoms with E-state index < -0.39 is 10.0 Å². The van der Waals surface area contributed by atoms with E-state index in [1.807, 2.05) is 0 Å². The zero-order valence-corrected chi connectivity index (χ0v) is 15.7. The number of sulfonamides is 1. The quantitative estimate of drug-likeness (QED) is 0.698. The number of nitrogens with one attached hydrogen (secondary N) is 2. The van der Waals surface area contributed by atoms with Gasteiger partial charge in [0.15, 0.2) is 0 Å². The fraction of sp³-hybridized carbons (Fsp3) is 0.176. The van der Waals surface area contributed by atoms with Crippen molar-refractivity contribution in [3.05, 3.63) is 59.0 Å². The maximum Gasteiger partial charge on any atom is 0.241 e. The monoisotopic (exact) mass is 392 g/mol. The molecule has 0 saturated carbocycles. The van der Waals surface area contributed by atoms with Crippen molar-refractivity contribution in [1.29, 1.82) is 0 Å². The summed E-state index contributed by atoms with van der Waals surface area (Å²) in [4.78, 5) is 15.6. The van der Waals surface area contributed by atoms with Crippen molar-refractivity contribution in [1.82, 2.24) is 14.1 Å². The topological polar surface area (TPSA) is 92.6 Å². The lowest BCUT2D eigenvalue weighted by atomic mass is 10.2. The molecule has 0 bridgehead atoms. The number of hydrogen-bond acceptors (Lipinski definition) is 4. The normalized spacial score (nSPS) is 11.7. The Kier molecular flexibility index (Phi) is 4.99. The van der Waals surface area contributed by atoms with Crippen LogP contribution in [-0.4, -0.2) is 23.7 Å². The standard InChI is InChI=1S/C17H17ClN4O3S/c1-11-3-5-14(20-12(2)23)7-16(11)26(24,25)19-8-15-10-22-9-13(18)4-6-17(22)21-15/h3-7,9-10,19H,8H2,1-2H3,(H,20,23). The van der Waals surface area contributed by atoms with Crippen LogP contribution in [-0.2, 0) is 21.4 Å². The highest BCUT2D eigenvalue weighted by atomic mass is 35.5. The minimum Gasteiger partial charge on any atom is -0.326 e. The number of carbonyl (C=O) groups excluding carboxylic acids is 1. The maximum atomic E-state index is 12.7. The summed E-state index contributed by atoms with van der Waals surface area (Å²) in [6.07, 6.45) is 3.41. The lowest BCUT2D eigenvalue weighted by Gasteiger charge is -2.11. The molecule has 7 nitrogen and oxygen atoms in total. The Balaban J connectivity index is 1.82. The summed E-state index contributed by atoms with van der Waals surface area (Å²) in [6, 6.07) is 8.20. The van der Waals surface area contributed by atoms with E-state index >= 15 is 0 Å². The second kappa shape index (κ2) is 7.06. The fourth-order valence-corrected chi connectivity index (χ4v) is 3.96. The van der Waals surface area contributed by atoms with Gasteiger partial charge in [0.1, 0.15) is 5.65 Å². The van der Waals surface area contributed by atoms with Crippen molar-refractivity contribution < 1.29 is 13.2 Å². The molecule has 136 valence electrons. The van der Waals surface area contributed by atoms with Gasteiger partial charge in [0, 0.05) is 25.0 Å². The number of hydrogen-bond donors (Lipinski definition) is 2. The second-order valence-electron chi connectivity index (χ2n) is 5.83. The smallest absolute Gasteiger partial charge is 0.241 e. The number of aryl methyl sites for hydroxylation is 1. The molecule has 2 heterocycles. The third-order valence-electron chi connectivity index (χ3n) is 3.71. The van der Waals surface area contributed by atoms with Gasteiger partial charge in [-0.25, -0.2) is 18.1 Å². The summed E-state index contributed by atoms with van der Waals surface area (Å²) < 4.78 is 29.6. The lowest BCUT2D eigenvalue weighted by molar-refractivity contribution is -0.114. The number of carbonyl (C=O) groups is 1. The third kappa shape index (κ3) is 4.04. The van der Waals surface area contributed by atoms with Crippen LogP contribution < -0.4 is 10.0 Å². The molecule has 0 fully saturated rings. The van der Waals surface area contributed by atoms with E-state index in [1.165, 1.54) is 13.0 Å². The molecule has 26 heavy (non-hydrogen) atoms. The van der Waals surface area contributed by atoms with E-state index in [0.717, 1.165) is 0 Å². The van der Waals surface area contributed by atoms with Crippen molar-refractivity contribution >= 4 is 38.9 Å². The molecule has 0 radical (unpaired) electrons. The van der Waals surface area contributed by atoms with Crippen molar-refractivity contribution in [3.63, 3.8) is 0 Å². The molecule has 0 saturated heterocycles. The molecular formula is C17H17ClN4O3S. The number of amides is 1.